The molecule has 0 fully saturated rings. The third-order valence-electron chi connectivity index (χ3n) is 7.81. The van der Waals surface area contributed by atoms with Crippen LogP contribution in [0.4, 0.5) is 0 Å². The third-order valence-corrected chi connectivity index (χ3v) is 7.81. The van der Waals surface area contributed by atoms with Gasteiger partial charge < -0.3 is 0 Å². The Labute approximate surface area is 213 Å². The lowest BCUT2D eigenvalue weighted by molar-refractivity contribution is 0.740. The fourth-order valence-corrected chi connectivity index (χ4v) is 5.84. The van der Waals surface area contributed by atoms with Crippen molar-refractivity contribution < 1.29 is 0 Å². The standard InChI is InChI=1S/C34H32N2/c1-6-22(3)27-13-10-14-29-28-16-15-21(2)17-30(28)36-31(20-35-34(36)33(27)29)32-23(4)18-26(19-24(32)5)25-11-8-7-9-12-25/h7-20,22H,6H2,1-5H3. The molecule has 4 aromatic carbocycles. The van der Waals surface area contributed by atoms with E-state index >= 15 is 0 Å². The van der Waals surface area contributed by atoms with Crippen LogP contribution in [0.3, 0.4) is 0 Å². The highest BCUT2D eigenvalue weighted by molar-refractivity contribution is 6.14. The first-order valence-corrected chi connectivity index (χ1v) is 13.0. The molecule has 178 valence electrons. The number of imidazole rings is 1. The number of aromatic nitrogens is 2. The van der Waals surface area contributed by atoms with Crippen LogP contribution in [-0.4, -0.2) is 9.38 Å². The lowest BCUT2D eigenvalue weighted by Crippen LogP contribution is -2.00. The largest absolute Gasteiger partial charge is 0.292 e. The van der Waals surface area contributed by atoms with Gasteiger partial charge >= 0.3 is 0 Å². The number of aryl methyl sites for hydroxylation is 3. The molecule has 0 N–H and O–H groups in total. The van der Waals surface area contributed by atoms with Gasteiger partial charge in [-0.05, 0) is 77.9 Å². The second-order valence-electron chi connectivity index (χ2n) is 10.3. The summed E-state index contributed by atoms with van der Waals surface area (Å²) in [7, 11) is 0. The molecule has 1 atom stereocenters. The lowest BCUT2D eigenvalue weighted by Gasteiger charge is -2.18. The van der Waals surface area contributed by atoms with Crippen molar-refractivity contribution in [1.29, 1.82) is 0 Å². The van der Waals surface area contributed by atoms with Crippen molar-refractivity contribution >= 4 is 27.3 Å². The summed E-state index contributed by atoms with van der Waals surface area (Å²) >= 11 is 0. The van der Waals surface area contributed by atoms with Crippen LogP contribution in [0.1, 0.15) is 48.4 Å². The molecule has 6 rings (SSSR count). The van der Waals surface area contributed by atoms with Crippen LogP contribution in [0.5, 0.6) is 0 Å². The summed E-state index contributed by atoms with van der Waals surface area (Å²) < 4.78 is 2.41. The van der Waals surface area contributed by atoms with E-state index in [0.717, 1.165) is 17.8 Å². The van der Waals surface area contributed by atoms with Gasteiger partial charge in [-0.15, -0.1) is 0 Å². The SMILES string of the molecule is CCC(C)c1cccc2c3ccc(C)cc3n3c(-c4c(C)cc(-c5ccccc5)cc4C)cnc3c12. The number of hydrogen-bond donors (Lipinski definition) is 0. The molecule has 6 aromatic rings. The van der Waals surface area contributed by atoms with Crippen LogP contribution >= 0.6 is 0 Å². The third kappa shape index (κ3) is 3.44. The summed E-state index contributed by atoms with van der Waals surface area (Å²) in [5.41, 5.74) is 12.4. The van der Waals surface area contributed by atoms with E-state index in [1.165, 1.54) is 60.6 Å². The molecular formula is C34H32N2. The zero-order valence-electron chi connectivity index (χ0n) is 21.8. The molecular weight excluding hydrogens is 436 g/mol. The quantitative estimate of drug-likeness (QED) is 0.236. The Bertz CT molecular complexity index is 1730. The number of benzene rings is 4. The molecule has 0 radical (unpaired) electrons. The van der Waals surface area contributed by atoms with Gasteiger partial charge in [-0.25, -0.2) is 4.98 Å². The second kappa shape index (κ2) is 8.64. The van der Waals surface area contributed by atoms with Gasteiger partial charge in [-0.1, -0.05) is 86.6 Å². The molecule has 0 spiro atoms. The minimum atomic E-state index is 0.467. The maximum atomic E-state index is 5.11. The molecule has 0 aliphatic carbocycles. The van der Waals surface area contributed by atoms with Crippen molar-refractivity contribution in [2.24, 2.45) is 0 Å². The van der Waals surface area contributed by atoms with Gasteiger partial charge in [0.25, 0.3) is 0 Å². The maximum Gasteiger partial charge on any atom is 0.145 e. The van der Waals surface area contributed by atoms with E-state index < -0.39 is 0 Å². The second-order valence-corrected chi connectivity index (χ2v) is 10.3. The topological polar surface area (TPSA) is 17.3 Å². The van der Waals surface area contributed by atoms with Gasteiger partial charge in [0.1, 0.15) is 5.65 Å². The number of hydrogen-bond acceptors (Lipinski definition) is 1. The first kappa shape index (κ1) is 22.5. The van der Waals surface area contributed by atoms with Crippen LogP contribution in [0.15, 0.2) is 85.1 Å². The number of fused-ring (bicyclic) bond motifs is 6. The highest BCUT2D eigenvalue weighted by atomic mass is 15.0. The summed E-state index contributed by atoms with van der Waals surface area (Å²) in [5, 5.41) is 3.86. The van der Waals surface area contributed by atoms with E-state index in [4.69, 9.17) is 4.98 Å². The highest BCUT2D eigenvalue weighted by Gasteiger charge is 2.20. The molecule has 0 aliphatic rings. The Morgan fingerprint density at radius 1 is 0.778 bits per heavy atom. The minimum Gasteiger partial charge on any atom is -0.292 e. The predicted octanol–water partition coefficient (Wildman–Crippen LogP) is 9.41. The molecule has 2 aromatic heterocycles. The fraction of sp³-hybridized carbons (Fsp3) is 0.206. The highest BCUT2D eigenvalue weighted by Crippen LogP contribution is 2.39. The number of pyridine rings is 1. The Morgan fingerprint density at radius 2 is 1.53 bits per heavy atom. The summed E-state index contributed by atoms with van der Waals surface area (Å²) in [4.78, 5) is 5.11. The van der Waals surface area contributed by atoms with Crippen LogP contribution < -0.4 is 0 Å². The van der Waals surface area contributed by atoms with Gasteiger partial charge in [-0.2, -0.15) is 0 Å². The molecule has 0 amide bonds. The predicted molar refractivity (Wildman–Crippen MR) is 154 cm³/mol. The van der Waals surface area contributed by atoms with Crippen LogP contribution in [0.25, 0.3) is 49.7 Å². The molecule has 1 unspecified atom stereocenters. The Hall–Kier alpha value is -3.91. The molecule has 0 saturated carbocycles. The molecule has 2 heterocycles. The summed E-state index contributed by atoms with van der Waals surface area (Å²) in [5.74, 6) is 0.467. The van der Waals surface area contributed by atoms with Gasteiger partial charge in [0, 0.05) is 16.3 Å². The van der Waals surface area contributed by atoms with Crippen molar-refractivity contribution in [1.82, 2.24) is 9.38 Å². The van der Waals surface area contributed by atoms with Gasteiger partial charge in [0.05, 0.1) is 17.4 Å². The van der Waals surface area contributed by atoms with E-state index in [1.54, 1.807) is 0 Å². The normalized spacial score (nSPS) is 12.6. The van der Waals surface area contributed by atoms with Gasteiger partial charge in [0.2, 0.25) is 0 Å². The van der Waals surface area contributed by atoms with Gasteiger partial charge in [-0.3, -0.25) is 4.40 Å². The Morgan fingerprint density at radius 3 is 2.25 bits per heavy atom. The van der Waals surface area contributed by atoms with Crippen molar-refractivity contribution in [2.75, 3.05) is 0 Å². The van der Waals surface area contributed by atoms with Crippen molar-refractivity contribution in [3.63, 3.8) is 0 Å². The Kier molecular flexibility index (Phi) is 5.41. The first-order valence-electron chi connectivity index (χ1n) is 13.0. The van der Waals surface area contributed by atoms with E-state index in [9.17, 15) is 0 Å². The van der Waals surface area contributed by atoms with Crippen LogP contribution in [0.2, 0.25) is 0 Å². The maximum absolute atomic E-state index is 5.11. The molecule has 2 nitrogen and oxygen atoms in total. The van der Waals surface area contributed by atoms with Crippen molar-refractivity contribution in [3.05, 3.63) is 107 Å². The van der Waals surface area contributed by atoms with Crippen LogP contribution in [-0.2, 0) is 0 Å². The van der Waals surface area contributed by atoms with Crippen molar-refractivity contribution in [3.8, 4) is 22.4 Å². The minimum absolute atomic E-state index is 0.467. The Balaban J connectivity index is 1.72. The average molecular weight is 469 g/mol. The average Bonchev–Trinajstić information content (AvgIpc) is 3.33. The van der Waals surface area contributed by atoms with E-state index in [0.29, 0.717) is 5.92 Å². The first-order chi connectivity index (χ1) is 17.5. The summed E-state index contributed by atoms with van der Waals surface area (Å²) in [6, 6.07) is 28.9. The zero-order valence-corrected chi connectivity index (χ0v) is 21.8. The monoisotopic (exact) mass is 468 g/mol. The van der Waals surface area contributed by atoms with E-state index in [-0.39, 0.29) is 0 Å². The van der Waals surface area contributed by atoms with E-state index in [1.807, 2.05) is 0 Å². The fourth-order valence-electron chi connectivity index (χ4n) is 5.84. The van der Waals surface area contributed by atoms with Crippen molar-refractivity contribution in [2.45, 2.75) is 47.0 Å². The lowest BCUT2D eigenvalue weighted by atomic mass is 9.91. The van der Waals surface area contributed by atoms with Crippen LogP contribution in [0, 0.1) is 20.8 Å². The zero-order chi connectivity index (χ0) is 25.0. The molecule has 0 aliphatic heterocycles. The molecule has 0 bridgehead atoms. The molecule has 36 heavy (non-hydrogen) atoms. The summed E-state index contributed by atoms with van der Waals surface area (Å²) in [6.45, 7) is 11.2. The van der Waals surface area contributed by atoms with E-state index in [2.05, 4.69) is 124 Å². The molecule has 2 heteroatoms. The smallest absolute Gasteiger partial charge is 0.145 e. The van der Waals surface area contributed by atoms with Gasteiger partial charge in [0.15, 0.2) is 0 Å². The molecule has 0 saturated heterocycles. The summed E-state index contributed by atoms with van der Waals surface area (Å²) in [6.07, 6.45) is 3.19. The number of rotatable bonds is 4. The number of nitrogens with zero attached hydrogens (tertiary/aromatic N) is 2.